The first kappa shape index (κ1) is 25.6. The van der Waals surface area contributed by atoms with Crippen LogP contribution in [0, 0.1) is 5.82 Å². The number of hydrogen-bond donors (Lipinski definition) is 3. The third-order valence-electron chi connectivity index (χ3n) is 4.53. The van der Waals surface area contributed by atoms with E-state index in [0.717, 1.165) is 6.20 Å². The van der Waals surface area contributed by atoms with E-state index in [1.807, 2.05) is 6.79 Å². The molecule has 166 valence electrons. The third-order valence-corrected chi connectivity index (χ3v) is 4.53. The van der Waals surface area contributed by atoms with E-state index >= 15 is 0 Å². The number of nitrogens with zero attached hydrogens (tertiary/aromatic N) is 2. The molecule has 0 unspecified atom stereocenters. The van der Waals surface area contributed by atoms with Crippen molar-refractivity contribution in [3.8, 4) is 22.4 Å². The Balaban J connectivity index is 0.000000404. The zero-order chi connectivity index (χ0) is 23.1. The van der Waals surface area contributed by atoms with Gasteiger partial charge in [-0.15, -0.1) is 0 Å². The largest absolute Gasteiger partial charge is 0.368 e. The fraction of sp³-hybridized carbons (Fsp3) is 0.304. The Morgan fingerprint density at radius 1 is 0.968 bits per heavy atom. The number of hydrogen-bond acceptors (Lipinski definition) is 6. The number of aromatic amines is 1. The smallest absolute Gasteiger partial charge is 0.255 e. The number of H-pyrrole nitrogens is 1. The monoisotopic (exact) mass is 427 g/mol. The van der Waals surface area contributed by atoms with Gasteiger partial charge >= 0.3 is 0 Å². The van der Waals surface area contributed by atoms with Crippen LogP contribution in [0.5, 0.6) is 0 Å². The zero-order valence-corrected chi connectivity index (χ0v) is 17.8. The zero-order valence-electron chi connectivity index (χ0n) is 17.8. The lowest BCUT2D eigenvalue weighted by molar-refractivity contribution is -0.0979. The van der Waals surface area contributed by atoms with Crippen molar-refractivity contribution in [3.63, 3.8) is 0 Å². The summed E-state index contributed by atoms with van der Waals surface area (Å²) in [4.78, 5) is 29.9. The lowest BCUT2D eigenvalue weighted by Gasteiger charge is -2.06. The molecule has 0 aliphatic heterocycles. The van der Waals surface area contributed by atoms with E-state index in [9.17, 15) is 9.18 Å². The van der Waals surface area contributed by atoms with Crippen molar-refractivity contribution < 1.29 is 9.18 Å². The van der Waals surface area contributed by atoms with Gasteiger partial charge in [0.15, 0.2) is 5.82 Å². The molecule has 1 fully saturated rings. The maximum absolute atomic E-state index is 13.8. The van der Waals surface area contributed by atoms with E-state index in [1.165, 1.54) is 45.6 Å². The molecule has 2 heterocycles. The number of pyridine rings is 1. The Labute approximate surface area is 181 Å². The highest BCUT2D eigenvalue weighted by Crippen LogP contribution is 2.25. The van der Waals surface area contributed by atoms with Crippen LogP contribution in [0.1, 0.15) is 38.5 Å². The van der Waals surface area contributed by atoms with E-state index in [1.54, 1.807) is 42.6 Å². The highest BCUT2D eigenvalue weighted by atomic mass is 19.1. The number of rotatable bonds is 2. The van der Waals surface area contributed by atoms with Crippen LogP contribution in [0.3, 0.4) is 0 Å². The topological polar surface area (TPSA) is 128 Å². The van der Waals surface area contributed by atoms with E-state index in [4.69, 9.17) is 10.5 Å². The normalized spacial score (nSPS) is 12.1. The summed E-state index contributed by atoms with van der Waals surface area (Å²) in [6.07, 6.45) is 11.6. The number of benzene rings is 1. The molecule has 0 spiro atoms. The first-order valence-corrected chi connectivity index (χ1v) is 10.1. The summed E-state index contributed by atoms with van der Waals surface area (Å²) < 4.78 is 13.8. The van der Waals surface area contributed by atoms with Gasteiger partial charge in [-0.2, -0.15) is 0 Å². The Morgan fingerprint density at radius 3 is 2.13 bits per heavy atom. The van der Waals surface area contributed by atoms with Crippen LogP contribution in [0.4, 0.5) is 10.3 Å². The van der Waals surface area contributed by atoms with Crippen LogP contribution in [0.25, 0.3) is 22.4 Å². The van der Waals surface area contributed by atoms with Gasteiger partial charge in [-0.25, -0.2) is 14.4 Å². The summed E-state index contributed by atoms with van der Waals surface area (Å²) in [5, 5.41) is 0. The molecule has 31 heavy (non-hydrogen) atoms. The molecular weight excluding hydrogens is 397 g/mol. The van der Waals surface area contributed by atoms with Crippen molar-refractivity contribution in [2.24, 2.45) is 5.73 Å². The number of aromatic nitrogens is 3. The number of carbonyl (C=O) groups is 1. The van der Waals surface area contributed by atoms with Crippen molar-refractivity contribution in [3.05, 3.63) is 65.0 Å². The Bertz CT molecular complexity index is 962. The van der Waals surface area contributed by atoms with Gasteiger partial charge < -0.3 is 21.2 Å². The maximum atomic E-state index is 13.8. The average Bonchev–Trinajstić information content (AvgIpc) is 2.85. The number of halogens is 1. The molecule has 0 radical (unpaired) electrons. The van der Waals surface area contributed by atoms with Gasteiger partial charge in [0, 0.05) is 17.3 Å². The predicted molar refractivity (Wildman–Crippen MR) is 123 cm³/mol. The second-order valence-corrected chi connectivity index (χ2v) is 6.54. The summed E-state index contributed by atoms with van der Waals surface area (Å²) >= 11 is 0. The van der Waals surface area contributed by atoms with Gasteiger partial charge in [-0.3, -0.25) is 4.79 Å². The van der Waals surface area contributed by atoms with Gasteiger partial charge in [0.2, 0.25) is 5.95 Å². The van der Waals surface area contributed by atoms with E-state index in [-0.39, 0.29) is 17.2 Å². The summed E-state index contributed by atoms with van der Waals surface area (Å²) in [5.74, 6) is -0.572. The molecule has 0 bridgehead atoms. The van der Waals surface area contributed by atoms with Crippen molar-refractivity contribution in [2.75, 3.05) is 12.8 Å². The molecule has 0 atom stereocenters. The molecule has 5 N–H and O–H groups in total. The first-order valence-electron chi connectivity index (χ1n) is 10.1. The maximum Gasteiger partial charge on any atom is 0.255 e. The first-order chi connectivity index (χ1) is 15.1. The second-order valence-electron chi connectivity index (χ2n) is 6.54. The van der Waals surface area contributed by atoms with Gasteiger partial charge in [0.1, 0.15) is 12.5 Å². The molecule has 2 aromatic heterocycles. The van der Waals surface area contributed by atoms with Crippen LogP contribution in [0.2, 0.25) is 0 Å². The highest BCUT2D eigenvalue weighted by molar-refractivity contribution is 5.71. The number of nitrogen functional groups attached to an aromatic ring is 1. The van der Waals surface area contributed by atoms with Crippen LogP contribution in [-0.4, -0.2) is 28.8 Å². The van der Waals surface area contributed by atoms with Gasteiger partial charge in [0.05, 0.1) is 6.20 Å². The Morgan fingerprint density at radius 2 is 1.55 bits per heavy atom. The number of carbonyl (C=O) groups excluding carboxylic acids is 1. The highest BCUT2D eigenvalue weighted by Gasteiger charge is 2.10. The quantitative estimate of drug-likeness (QED) is 0.568. The molecule has 3 aromatic rings. The van der Waals surface area contributed by atoms with Crippen molar-refractivity contribution in [1.29, 1.82) is 0 Å². The van der Waals surface area contributed by atoms with E-state index in [2.05, 4.69) is 20.7 Å². The number of nitrogens with one attached hydrogen (secondary N) is 1. The minimum Gasteiger partial charge on any atom is -0.368 e. The molecule has 8 heteroatoms. The molecular formula is C23H30FN5O2. The molecule has 4 rings (SSSR count). The number of nitrogens with two attached hydrogens (primary N) is 2. The molecule has 1 saturated carbocycles. The molecule has 0 saturated heterocycles. The summed E-state index contributed by atoms with van der Waals surface area (Å²) in [7, 11) is 1.50. The van der Waals surface area contributed by atoms with Crippen molar-refractivity contribution in [1.82, 2.24) is 15.0 Å². The van der Waals surface area contributed by atoms with Crippen LogP contribution >= 0.6 is 0 Å². The predicted octanol–water partition coefficient (Wildman–Crippen LogP) is 3.95. The van der Waals surface area contributed by atoms with Crippen LogP contribution in [-0.2, 0) is 4.79 Å². The minimum atomic E-state index is -0.566. The standard InChI is InChI=1S/C15H11FN4O.C6H12.CH5N.CH2O/c16-12-8-19-15(17)20-13(12)10-4-1-3-9(7-10)11-5-2-6-18-14(11)21;1-2-4-6-5-3-1;2*1-2/h1-8H,(H,18,21)(H2,17,19,20);1-6H2;2H2,1H3;1H2. The van der Waals surface area contributed by atoms with Crippen molar-refractivity contribution in [2.45, 2.75) is 38.5 Å². The van der Waals surface area contributed by atoms with Crippen molar-refractivity contribution >= 4 is 12.7 Å². The summed E-state index contributed by atoms with van der Waals surface area (Å²) in [5.41, 5.74) is 11.6. The molecule has 1 aliphatic carbocycles. The van der Waals surface area contributed by atoms with Crippen LogP contribution in [0.15, 0.2) is 53.6 Å². The fourth-order valence-electron chi connectivity index (χ4n) is 3.13. The van der Waals surface area contributed by atoms with E-state index in [0.29, 0.717) is 16.7 Å². The molecule has 7 nitrogen and oxygen atoms in total. The van der Waals surface area contributed by atoms with Gasteiger partial charge in [0.25, 0.3) is 5.56 Å². The van der Waals surface area contributed by atoms with E-state index < -0.39 is 5.82 Å². The Hall–Kier alpha value is -3.39. The Kier molecular flexibility index (Phi) is 12.1. The van der Waals surface area contributed by atoms with Gasteiger partial charge in [-0.05, 0) is 30.8 Å². The minimum absolute atomic E-state index is 0.00522. The third kappa shape index (κ3) is 8.10. The molecule has 1 aliphatic rings. The fourth-order valence-corrected chi connectivity index (χ4v) is 3.13. The average molecular weight is 428 g/mol. The molecule has 1 aromatic carbocycles. The lowest BCUT2D eigenvalue weighted by Crippen LogP contribution is -2.07. The number of anilines is 1. The molecule has 0 amide bonds. The second kappa shape index (κ2) is 14.6. The van der Waals surface area contributed by atoms with Crippen LogP contribution < -0.4 is 17.0 Å². The summed E-state index contributed by atoms with van der Waals surface area (Å²) in [6.45, 7) is 2.00. The van der Waals surface area contributed by atoms with Gasteiger partial charge in [-0.1, -0.05) is 56.7 Å². The SMILES string of the molecule is C1CCCCC1.C=O.CN.Nc1ncc(F)c(-c2cccc(-c3ccc[nH]c3=O)c2)n1. The lowest BCUT2D eigenvalue weighted by atomic mass is 10.0. The summed E-state index contributed by atoms with van der Waals surface area (Å²) in [6, 6.07) is 10.3.